The first-order valence-electron chi connectivity index (χ1n) is 26.9. The van der Waals surface area contributed by atoms with Crippen molar-refractivity contribution >= 4 is 23.3 Å². The predicted molar refractivity (Wildman–Crippen MR) is 281 cm³/mol. The third-order valence-corrected chi connectivity index (χ3v) is 11.7. The van der Waals surface area contributed by atoms with Crippen LogP contribution in [0.3, 0.4) is 0 Å². The summed E-state index contributed by atoms with van der Waals surface area (Å²) in [6, 6.07) is 18.7. The Kier molecular flexibility index (Phi) is 28.8. The number of hydrogen-bond acceptors (Lipinski definition) is 11. The van der Waals surface area contributed by atoms with Crippen LogP contribution in [-0.4, -0.2) is 54.6 Å². The quantitative estimate of drug-likeness (QED) is 0.0414. The molecule has 1 aromatic heterocycles. The van der Waals surface area contributed by atoms with Crippen LogP contribution in [0.4, 0.5) is 23.3 Å². The molecule has 3 aromatic carbocycles. The molecule has 0 unspecified atom stereocenters. The van der Waals surface area contributed by atoms with Crippen LogP contribution in [0.2, 0.25) is 0 Å². The first-order chi connectivity index (χ1) is 33.5. The standard InChI is InChI=1S/C57H88N5O6/c1-7-13-19-28-36-63-49-42-47(43-50(64-37-29-20-14-8-2)53(49)67-40-32-23-17-11-5)58-56-60-55(46-34-26-25-27-35-46)61-57(62-56)59-48-44-51(65-38-30-21-15-9-3)54(68-41-33-24-18-12-6)52(45-48)66-39-31-22-16-10-4/h26-27,34-35,42-45H,7-24,28-33,36-41H2,1-6H3,(H2,58,59,60,61,62). The normalized spacial score (nSPS) is 11.1. The molecule has 2 N–H and O–H groups in total. The molecule has 0 spiro atoms. The fourth-order valence-electron chi connectivity index (χ4n) is 7.67. The van der Waals surface area contributed by atoms with Gasteiger partial charge in [0.05, 0.1) is 39.6 Å². The highest BCUT2D eigenvalue weighted by Gasteiger charge is 2.20. The van der Waals surface area contributed by atoms with Gasteiger partial charge in [0.25, 0.3) is 0 Å². The van der Waals surface area contributed by atoms with Crippen molar-refractivity contribution in [2.45, 2.75) is 196 Å². The van der Waals surface area contributed by atoms with E-state index in [1.165, 1.54) is 51.4 Å². The zero-order valence-corrected chi connectivity index (χ0v) is 43.1. The average molecular weight is 939 g/mol. The van der Waals surface area contributed by atoms with E-state index in [9.17, 15) is 0 Å². The molecule has 1 heterocycles. The highest BCUT2D eigenvalue weighted by Crippen LogP contribution is 2.43. The monoisotopic (exact) mass is 939 g/mol. The number of rotatable bonds is 41. The largest absolute Gasteiger partial charge is 0.489 e. The van der Waals surface area contributed by atoms with Crippen molar-refractivity contribution in [2.75, 3.05) is 50.3 Å². The van der Waals surface area contributed by atoms with Gasteiger partial charge >= 0.3 is 0 Å². The van der Waals surface area contributed by atoms with Crippen molar-refractivity contribution in [1.29, 1.82) is 0 Å². The van der Waals surface area contributed by atoms with Gasteiger partial charge in [-0.1, -0.05) is 181 Å². The molecule has 0 bridgehead atoms. The van der Waals surface area contributed by atoms with Gasteiger partial charge in [0.1, 0.15) is 0 Å². The van der Waals surface area contributed by atoms with E-state index < -0.39 is 0 Å². The molecular formula is C57H88N5O6. The van der Waals surface area contributed by atoms with E-state index in [1.807, 2.05) is 48.5 Å². The fourth-order valence-corrected chi connectivity index (χ4v) is 7.67. The summed E-state index contributed by atoms with van der Waals surface area (Å²) in [7, 11) is 0. The minimum atomic E-state index is 0.355. The molecule has 4 aromatic rings. The molecule has 377 valence electrons. The van der Waals surface area contributed by atoms with E-state index in [-0.39, 0.29) is 0 Å². The number of unbranched alkanes of at least 4 members (excludes halogenated alkanes) is 18. The fraction of sp³-hybridized carbons (Fsp3) is 0.632. The van der Waals surface area contributed by atoms with E-state index in [2.05, 4.69) is 58.2 Å². The molecule has 0 saturated heterocycles. The molecule has 0 saturated carbocycles. The lowest BCUT2D eigenvalue weighted by molar-refractivity contribution is 0.235. The number of nitrogens with zero attached hydrogens (tertiary/aromatic N) is 3. The number of nitrogens with one attached hydrogen (secondary N) is 2. The van der Waals surface area contributed by atoms with Gasteiger partial charge in [0.2, 0.25) is 23.4 Å². The van der Waals surface area contributed by atoms with Crippen molar-refractivity contribution in [1.82, 2.24) is 15.0 Å². The van der Waals surface area contributed by atoms with Gasteiger partial charge in [-0.15, -0.1) is 0 Å². The topological polar surface area (TPSA) is 118 Å². The molecule has 1 radical (unpaired) electrons. The van der Waals surface area contributed by atoms with Gasteiger partial charge in [0, 0.05) is 41.2 Å². The van der Waals surface area contributed by atoms with Crippen LogP contribution in [0, 0.1) is 6.07 Å². The van der Waals surface area contributed by atoms with Crippen molar-refractivity contribution in [3.8, 4) is 45.9 Å². The Balaban J connectivity index is 1.76. The smallest absolute Gasteiger partial charge is 0.232 e. The Labute approximate surface area is 411 Å². The number of benzene rings is 3. The van der Waals surface area contributed by atoms with Crippen molar-refractivity contribution in [3.63, 3.8) is 0 Å². The van der Waals surface area contributed by atoms with Gasteiger partial charge in [-0.2, -0.15) is 15.0 Å². The van der Waals surface area contributed by atoms with E-state index >= 15 is 0 Å². The Hall–Kier alpha value is -4.93. The van der Waals surface area contributed by atoms with E-state index in [0.29, 0.717) is 91.9 Å². The Morgan fingerprint density at radius 3 is 0.956 bits per heavy atom. The molecule has 0 aliphatic carbocycles. The first kappa shape index (κ1) is 55.7. The van der Waals surface area contributed by atoms with Crippen LogP contribution < -0.4 is 39.1 Å². The molecule has 0 aliphatic rings. The summed E-state index contributed by atoms with van der Waals surface area (Å²) in [5, 5.41) is 7.03. The predicted octanol–water partition coefficient (Wildman–Crippen LogP) is 16.6. The molecule has 0 fully saturated rings. The van der Waals surface area contributed by atoms with Crippen molar-refractivity contribution in [2.24, 2.45) is 0 Å². The van der Waals surface area contributed by atoms with E-state index in [1.54, 1.807) is 0 Å². The molecule has 0 aliphatic heterocycles. The van der Waals surface area contributed by atoms with Gasteiger partial charge in [0.15, 0.2) is 28.8 Å². The Bertz CT molecular complexity index is 1730. The summed E-state index contributed by atoms with van der Waals surface area (Å²) in [4.78, 5) is 14.9. The molecule has 68 heavy (non-hydrogen) atoms. The lowest BCUT2D eigenvalue weighted by Crippen LogP contribution is -2.09. The van der Waals surface area contributed by atoms with Crippen LogP contribution in [-0.2, 0) is 0 Å². The van der Waals surface area contributed by atoms with Crippen LogP contribution in [0.1, 0.15) is 196 Å². The number of aromatic nitrogens is 3. The molecule has 11 nitrogen and oxygen atoms in total. The second-order valence-corrected chi connectivity index (χ2v) is 17.9. The minimum Gasteiger partial charge on any atom is -0.489 e. The SMILES string of the molecule is CCCCCCOc1cc(Nc2nc(Nc3cc(OCCCCCC)c(OCCCCCC)c(OCCCCCC)c3)nc(-c3cc[c]cc3)n2)cc(OCCCCCC)c1OCCCCCC. The Morgan fingerprint density at radius 1 is 0.368 bits per heavy atom. The number of anilines is 4. The molecule has 4 rings (SSSR count). The van der Waals surface area contributed by atoms with Crippen LogP contribution in [0.15, 0.2) is 48.5 Å². The summed E-state index contributed by atoms with van der Waals surface area (Å²) in [6.07, 6.45) is 26.5. The highest BCUT2D eigenvalue weighted by molar-refractivity contribution is 5.70. The maximum absolute atomic E-state index is 6.54. The van der Waals surface area contributed by atoms with Crippen LogP contribution in [0.5, 0.6) is 34.5 Å². The molecule has 11 heteroatoms. The first-order valence-corrected chi connectivity index (χ1v) is 26.9. The third kappa shape index (κ3) is 21.6. The second-order valence-electron chi connectivity index (χ2n) is 17.9. The van der Waals surface area contributed by atoms with E-state index in [4.69, 9.17) is 43.4 Å². The number of ether oxygens (including phenoxy) is 6. The summed E-state index contributed by atoms with van der Waals surface area (Å²) in [5.41, 5.74) is 2.27. The summed E-state index contributed by atoms with van der Waals surface area (Å²) in [6.45, 7) is 16.8. The van der Waals surface area contributed by atoms with Gasteiger partial charge in [-0.05, 0) is 44.6 Å². The lowest BCUT2D eigenvalue weighted by Gasteiger charge is -2.20. The zero-order chi connectivity index (χ0) is 48.3. The van der Waals surface area contributed by atoms with Crippen molar-refractivity contribution < 1.29 is 28.4 Å². The zero-order valence-electron chi connectivity index (χ0n) is 43.1. The van der Waals surface area contributed by atoms with Crippen LogP contribution in [0.25, 0.3) is 11.4 Å². The summed E-state index contributed by atoms with van der Waals surface area (Å²) in [5.74, 6) is 5.10. The Morgan fingerprint density at radius 2 is 0.662 bits per heavy atom. The number of hydrogen-bond donors (Lipinski definition) is 2. The second kappa shape index (κ2) is 35.2. The maximum Gasteiger partial charge on any atom is 0.232 e. The summed E-state index contributed by atoms with van der Waals surface area (Å²) >= 11 is 0. The minimum absolute atomic E-state index is 0.355. The molecular weight excluding hydrogens is 851 g/mol. The van der Waals surface area contributed by atoms with Gasteiger partial charge < -0.3 is 39.1 Å². The lowest BCUT2D eigenvalue weighted by atomic mass is 10.2. The summed E-state index contributed by atoms with van der Waals surface area (Å²) < 4.78 is 39.2. The third-order valence-electron chi connectivity index (χ3n) is 11.7. The molecule has 0 atom stereocenters. The van der Waals surface area contributed by atoms with Gasteiger partial charge in [-0.25, -0.2) is 0 Å². The molecule has 0 amide bonds. The van der Waals surface area contributed by atoms with Crippen LogP contribution >= 0.6 is 0 Å². The highest BCUT2D eigenvalue weighted by atomic mass is 16.5. The average Bonchev–Trinajstić information content (AvgIpc) is 3.35. The van der Waals surface area contributed by atoms with Gasteiger partial charge in [-0.3, -0.25) is 0 Å². The van der Waals surface area contributed by atoms with E-state index in [0.717, 1.165) is 120 Å². The van der Waals surface area contributed by atoms with Crippen molar-refractivity contribution in [3.05, 3.63) is 54.6 Å². The maximum atomic E-state index is 6.54.